The molecule has 1 aliphatic rings. The van der Waals surface area contributed by atoms with Gasteiger partial charge in [-0.25, -0.2) is 0 Å². The second-order valence-electron chi connectivity index (χ2n) is 4.40. The molecule has 0 atom stereocenters. The van der Waals surface area contributed by atoms with Gasteiger partial charge in [0.1, 0.15) is 0 Å². The molecule has 0 radical (unpaired) electrons. The van der Waals surface area contributed by atoms with Crippen LogP contribution < -0.4 is 5.32 Å². The van der Waals surface area contributed by atoms with Crippen LogP contribution in [0.4, 0.5) is 0 Å². The summed E-state index contributed by atoms with van der Waals surface area (Å²) in [5, 5.41) is 4.87. The molecular formula is C13H15BrN2. The van der Waals surface area contributed by atoms with Crippen molar-refractivity contribution in [3.05, 3.63) is 33.9 Å². The standard InChI is InChI=1S/C13H15BrN2/c1-16-12-3-2-9(14)8-11(12)10-4-6-15-7-5-13(10)16/h2-3,8,15H,4-7H2,1H3. The number of nitrogens with zero attached hydrogens (tertiary/aromatic N) is 1. The quantitative estimate of drug-likeness (QED) is 0.784. The van der Waals surface area contributed by atoms with Gasteiger partial charge in [0.25, 0.3) is 0 Å². The maximum Gasteiger partial charge on any atom is 0.0483 e. The van der Waals surface area contributed by atoms with E-state index >= 15 is 0 Å². The van der Waals surface area contributed by atoms with Crippen molar-refractivity contribution in [2.24, 2.45) is 7.05 Å². The lowest BCUT2D eigenvalue weighted by Gasteiger charge is -2.03. The van der Waals surface area contributed by atoms with Gasteiger partial charge in [0, 0.05) is 41.1 Å². The molecule has 84 valence electrons. The zero-order chi connectivity index (χ0) is 11.1. The van der Waals surface area contributed by atoms with E-state index in [9.17, 15) is 0 Å². The van der Waals surface area contributed by atoms with Gasteiger partial charge < -0.3 is 9.88 Å². The molecule has 1 aliphatic heterocycles. The van der Waals surface area contributed by atoms with Crippen LogP contribution >= 0.6 is 15.9 Å². The first-order valence-corrected chi connectivity index (χ1v) is 6.53. The summed E-state index contributed by atoms with van der Waals surface area (Å²) < 4.78 is 3.52. The maximum atomic E-state index is 3.56. The van der Waals surface area contributed by atoms with E-state index in [1.807, 2.05) is 0 Å². The van der Waals surface area contributed by atoms with Gasteiger partial charge in [-0.15, -0.1) is 0 Å². The zero-order valence-electron chi connectivity index (χ0n) is 9.39. The van der Waals surface area contributed by atoms with Gasteiger partial charge in [-0.05, 0) is 36.7 Å². The van der Waals surface area contributed by atoms with Gasteiger partial charge in [0.15, 0.2) is 0 Å². The Labute approximate surface area is 104 Å². The number of rotatable bonds is 0. The van der Waals surface area contributed by atoms with E-state index in [4.69, 9.17) is 0 Å². The first-order chi connectivity index (χ1) is 7.77. The molecule has 2 nitrogen and oxygen atoms in total. The van der Waals surface area contributed by atoms with E-state index < -0.39 is 0 Å². The molecule has 0 saturated carbocycles. The van der Waals surface area contributed by atoms with Crippen molar-refractivity contribution in [2.75, 3.05) is 13.1 Å². The van der Waals surface area contributed by atoms with Crippen molar-refractivity contribution < 1.29 is 0 Å². The molecule has 3 heteroatoms. The van der Waals surface area contributed by atoms with Gasteiger partial charge in [0.05, 0.1) is 0 Å². The van der Waals surface area contributed by atoms with Gasteiger partial charge in [-0.3, -0.25) is 0 Å². The van der Waals surface area contributed by atoms with Crippen LogP contribution in [0.15, 0.2) is 22.7 Å². The molecule has 0 unspecified atom stereocenters. The van der Waals surface area contributed by atoms with Crippen LogP contribution in [0.3, 0.4) is 0 Å². The molecular weight excluding hydrogens is 264 g/mol. The topological polar surface area (TPSA) is 17.0 Å². The third kappa shape index (κ3) is 1.50. The highest BCUT2D eigenvalue weighted by atomic mass is 79.9. The van der Waals surface area contributed by atoms with Crippen LogP contribution in [-0.4, -0.2) is 17.7 Å². The fraction of sp³-hybridized carbons (Fsp3) is 0.385. The van der Waals surface area contributed by atoms with E-state index in [0.29, 0.717) is 0 Å². The average Bonchev–Trinajstić information content (AvgIpc) is 2.47. The maximum absolute atomic E-state index is 3.56. The largest absolute Gasteiger partial charge is 0.347 e. The molecule has 0 saturated heterocycles. The van der Waals surface area contributed by atoms with Crippen LogP contribution in [-0.2, 0) is 19.9 Å². The number of benzene rings is 1. The first kappa shape index (κ1) is 10.4. The highest BCUT2D eigenvalue weighted by molar-refractivity contribution is 9.10. The zero-order valence-corrected chi connectivity index (χ0v) is 11.0. The lowest BCUT2D eigenvalue weighted by atomic mass is 10.1. The Morgan fingerprint density at radius 1 is 1.25 bits per heavy atom. The molecule has 0 spiro atoms. The van der Waals surface area contributed by atoms with E-state index in [1.165, 1.54) is 26.6 Å². The molecule has 16 heavy (non-hydrogen) atoms. The second-order valence-corrected chi connectivity index (χ2v) is 5.31. The molecule has 0 aliphatic carbocycles. The molecule has 2 heterocycles. The second kappa shape index (κ2) is 3.90. The van der Waals surface area contributed by atoms with Gasteiger partial charge in [-0.2, -0.15) is 0 Å². The number of hydrogen-bond donors (Lipinski definition) is 1. The van der Waals surface area contributed by atoms with Crippen molar-refractivity contribution in [3.8, 4) is 0 Å². The van der Waals surface area contributed by atoms with Crippen molar-refractivity contribution in [1.82, 2.24) is 9.88 Å². The van der Waals surface area contributed by atoms with Crippen molar-refractivity contribution >= 4 is 26.8 Å². The minimum atomic E-state index is 1.10. The lowest BCUT2D eigenvalue weighted by Crippen LogP contribution is -2.16. The van der Waals surface area contributed by atoms with E-state index in [2.05, 4.69) is 51.1 Å². The van der Waals surface area contributed by atoms with Crippen LogP contribution in [0.5, 0.6) is 0 Å². The van der Waals surface area contributed by atoms with Gasteiger partial charge >= 0.3 is 0 Å². The molecule has 2 aromatic rings. The fourth-order valence-corrected chi connectivity index (χ4v) is 3.05. The predicted octanol–water partition coefficient (Wildman–Crippen LogP) is 2.63. The summed E-state index contributed by atoms with van der Waals surface area (Å²) in [7, 11) is 2.18. The van der Waals surface area contributed by atoms with Crippen molar-refractivity contribution in [1.29, 1.82) is 0 Å². The predicted molar refractivity (Wildman–Crippen MR) is 70.9 cm³/mol. The van der Waals surface area contributed by atoms with E-state index in [1.54, 1.807) is 0 Å². The SMILES string of the molecule is Cn1c2c(c3cc(Br)ccc31)CCNCC2. The minimum absolute atomic E-state index is 1.10. The lowest BCUT2D eigenvalue weighted by molar-refractivity contribution is 0.699. The summed E-state index contributed by atoms with van der Waals surface area (Å²) in [6.45, 7) is 2.19. The van der Waals surface area contributed by atoms with Gasteiger partial charge in [-0.1, -0.05) is 15.9 Å². The molecule has 1 aromatic carbocycles. The number of halogens is 1. The van der Waals surface area contributed by atoms with Crippen LogP contribution in [0.25, 0.3) is 10.9 Å². The molecule has 0 amide bonds. The molecule has 1 aromatic heterocycles. The van der Waals surface area contributed by atoms with Crippen LogP contribution in [0.2, 0.25) is 0 Å². The minimum Gasteiger partial charge on any atom is -0.347 e. The summed E-state index contributed by atoms with van der Waals surface area (Å²) in [4.78, 5) is 0. The summed E-state index contributed by atoms with van der Waals surface area (Å²) in [5.74, 6) is 0. The molecule has 0 bridgehead atoms. The van der Waals surface area contributed by atoms with Crippen LogP contribution in [0, 0.1) is 0 Å². The highest BCUT2D eigenvalue weighted by Gasteiger charge is 2.16. The number of fused-ring (bicyclic) bond motifs is 3. The Morgan fingerprint density at radius 2 is 2.06 bits per heavy atom. The number of nitrogens with one attached hydrogen (secondary N) is 1. The highest BCUT2D eigenvalue weighted by Crippen LogP contribution is 2.29. The number of aryl methyl sites for hydroxylation is 1. The Hall–Kier alpha value is -0.800. The van der Waals surface area contributed by atoms with Crippen molar-refractivity contribution in [2.45, 2.75) is 12.8 Å². The smallest absolute Gasteiger partial charge is 0.0483 e. The van der Waals surface area contributed by atoms with Gasteiger partial charge in [0.2, 0.25) is 0 Å². The number of aromatic nitrogens is 1. The Bertz CT molecular complexity index is 542. The summed E-state index contributed by atoms with van der Waals surface area (Å²) in [6, 6.07) is 6.58. The van der Waals surface area contributed by atoms with Crippen molar-refractivity contribution in [3.63, 3.8) is 0 Å². The monoisotopic (exact) mass is 278 g/mol. The third-order valence-corrected chi connectivity index (χ3v) is 3.98. The number of hydrogen-bond acceptors (Lipinski definition) is 1. The fourth-order valence-electron chi connectivity index (χ4n) is 2.69. The Balaban J connectivity index is 2.32. The first-order valence-electron chi connectivity index (χ1n) is 5.74. The molecule has 1 N–H and O–H groups in total. The Kier molecular flexibility index (Phi) is 2.52. The average molecular weight is 279 g/mol. The molecule has 3 rings (SSSR count). The Morgan fingerprint density at radius 3 is 2.94 bits per heavy atom. The summed E-state index contributed by atoms with van der Waals surface area (Å²) >= 11 is 3.56. The third-order valence-electron chi connectivity index (χ3n) is 3.49. The van der Waals surface area contributed by atoms with E-state index in [-0.39, 0.29) is 0 Å². The van der Waals surface area contributed by atoms with E-state index in [0.717, 1.165) is 25.9 Å². The molecule has 0 fully saturated rings. The van der Waals surface area contributed by atoms with Crippen LogP contribution in [0.1, 0.15) is 11.3 Å². The normalized spacial score (nSPS) is 16.1. The summed E-state index contributed by atoms with van der Waals surface area (Å²) in [5.41, 5.74) is 4.39. The summed E-state index contributed by atoms with van der Waals surface area (Å²) in [6.07, 6.45) is 2.28.